The Bertz CT molecular complexity index is 1130. The highest BCUT2D eigenvalue weighted by atomic mass is 32.2. The van der Waals surface area contributed by atoms with E-state index in [0.29, 0.717) is 11.3 Å². The Morgan fingerprint density at radius 3 is 2.28 bits per heavy atom. The second-order valence-corrected chi connectivity index (χ2v) is 8.82. The molecule has 0 radical (unpaired) electrons. The fourth-order valence-corrected chi connectivity index (χ4v) is 4.25. The minimum atomic E-state index is -3.60. The van der Waals surface area contributed by atoms with Gasteiger partial charge in [0.15, 0.2) is 0 Å². The summed E-state index contributed by atoms with van der Waals surface area (Å²) in [6, 6.07) is 15.0. The number of benzene rings is 2. The summed E-state index contributed by atoms with van der Waals surface area (Å²) in [6.45, 7) is 7.36. The highest BCUT2D eigenvalue weighted by Crippen LogP contribution is 2.22. The van der Waals surface area contributed by atoms with Crippen LogP contribution in [0.3, 0.4) is 0 Å². The number of aryl methyl sites for hydroxylation is 2. The molecule has 0 aliphatic heterocycles. The summed E-state index contributed by atoms with van der Waals surface area (Å²) in [6.07, 6.45) is 0. The van der Waals surface area contributed by atoms with E-state index in [-0.39, 0.29) is 16.8 Å². The van der Waals surface area contributed by atoms with E-state index in [1.54, 1.807) is 24.6 Å². The predicted octanol–water partition coefficient (Wildman–Crippen LogP) is 3.43. The third-order valence-corrected chi connectivity index (χ3v) is 5.88. The van der Waals surface area contributed by atoms with Crippen molar-refractivity contribution in [2.75, 3.05) is 5.32 Å². The van der Waals surface area contributed by atoms with E-state index in [4.69, 9.17) is 0 Å². The molecule has 0 spiro atoms. The number of nitrogens with one attached hydrogen (secondary N) is 2. The summed E-state index contributed by atoms with van der Waals surface area (Å²) in [7, 11) is -3.60. The average Bonchev–Trinajstić information content (AvgIpc) is 2.99. The minimum absolute atomic E-state index is 0.116. The number of para-hydroxylation sites is 2. The number of carbonyl (C=O) groups excluding carboxylic acids is 1. The van der Waals surface area contributed by atoms with Crippen LogP contribution in [0.5, 0.6) is 0 Å². The van der Waals surface area contributed by atoms with Crippen LogP contribution >= 0.6 is 0 Å². The van der Waals surface area contributed by atoms with E-state index in [9.17, 15) is 13.2 Å². The molecule has 8 heteroatoms. The van der Waals surface area contributed by atoms with Crippen molar-refractivity contribution < 1.29 is 13.2 Å². The Morgan fingerprint density at radius 1 is 1.03 bits per heavy atom. The van der Waals surface area contributed by atoms with Crippen molar-refractivity contribution in [1.82, 2.24) is 14.5 Å². The van der Waals surface area contributed by atoms with Crippen molar-refractivity contribution in [3.63, 3.8) is 0 Å². The van der Waals surface area contributed by atoms with Gasteiger partial charge in [-0.15, -0.1) is 0 Å². The van der Waals surface area contributed by atoms with Crippen LogP contribution in [0.15, 0.2) is 59.5 Å². The van der Waals surface area contributed by atoms with Crippen LogP contribution in [0.25, 0.3) is 5.69 Å². The van der Waals surface area contributed by atoms with Crippen molar-refractivity contribution >= 4 is 21.6 Å². The predicted molar refractivity (Wildman–Crippen MR) is 113 cm³/mol. The van der Waals surface area contributed by atoms with Gasteiger partial charge in [-0.1, -0.05) is 12.1 Å². The SMILES string of the molecule is Cc1cc(C)n(-c2ccccc2NC(=O)c2ccc(S(=O)(=O)NC(C)C)cc2)n1. The van der Waals surface area contributed by atoms with Crippen molar-refractivity contribution in [2.24, 2.45) is 0 Å². The zero-order chi connectivity index (χ0) is 21.2. The molecule has 0 bridgehead atoms. The molecule has 0 saturated carbocycles. The third-order valence-electron chi connectivity index (χ3n) is 4.21. The van der Waals surface area contributed by atoms with Gasteiger partial charge in [0.25, 0.3) is 5.91 Å². The second kappa shape index (κ2) is 8.18. The first kappa shape index (κ1) is 20.8. The summed E-state index contributed by atoms with van der Waals surface area (Å²) in [5, 5.41) is 7.36. The van der Waals surface area contributed by atoms with E-state index < -0.39 is 10.0 Å². The monoisotopic (exact) mass is 412 g/mol. The largest absolute Gasteiger partial charge is 0.320 e. The van der Waals surface area contributed by atoms with Crippen LogP contribution in [0.2, 0.25) is 0 Å². The van der Waals surface area contributed by atoms with Crippen LogP contribution in [0.4, 0.5) is 5.69 Å². The molecule has 7 nitrogen and oxygen atoms in total. The molecule has 0 fully saturated rings. The lowest BCUT2D eigenvalue weighted by Gasteiger charge is -2.13. The summed E-state index contributed by atoms with van der Waals surface area (Å²) in [4.78, 5) is 12.8. The number of sulfonamides is 1. The average molecular weight is 413 g/mol. The fourth-order valence-electron chi connectivity index (χ4n) is 3.00. The zero-order valence-electron chi connectivity index (χ0n) is 16.8. The lowest BCUT2D eigenvalue weighted by molar-refractivity contribution is 0.102. The molecule has 1 aromatic heterocycles. The Balaban J connectivity index is 1.84. The van der Waals surface area contributed by atoms with Crippen molar-refractivity contribution in [3.8, 4) is 5.69 Å². The number of nitrogens with zero attached hydrogens (tertiary/aromatic N) is 2. The second-order valence-electron chi connectivity index (χ2n) is 7.11. The number of rotatable bonds is 6. The molecule has 2 aromatic carbocycles. The molecule has 3 aromatic rings. The molecule has 0 aliphatic rings. The fraction of sp³-hybridized carbons (Fsp3) is 0.238. The third kappa shape index (κ3) is 4.72. The van der Waals surface area contributed by atoms with E-state index in [1.807, 2.05) is 38.1 Å². The number of carbonyl (C=O) groups is 1. The lowest BCUT2D eigenvalue weighted by Crippen LogP contribution is -2.30. The molecule has 0 atom stereocenters. The van der Waals surface area contributed by atoms with E-state index in [1.165, 1.54) is 24.3 Å². The molecule has 0 aliphatic carbocycles. The minimum Gasteiger partial charge on any atom is -0.320 e. The normalized spacial score (nSPS) is 11.6. The number of anilines is 1. The van der Waals surface area contributed by atoms with Gasteiger partial charge in [0.2, 0.25) is 10.0 Å². The van der Waals surface area contributed by atoms with E-state index in [0.717, 1.165) is 17.1 Å². The highest BCUT2D eigenvalue weighted by molar-refractivity contribution is 7.89. The summed E-state index contributed by atoms with van der Waals surface area (Å²) in [5.74, 6) is -0.334. The first-order valence-corrected chi connectivity index (χ1v) is 10.7. The Hall–Kier alpha value is -2.97. The summed E-state index contributed by atoms with van der Waals surface area (Å²) in [5.41, 5.74) is 3.57. The molecule has 0 saturated heterocycles. The zero-order valence-corrected chi connectivity index (χ0v) is 17.6. The molecule has 3 rings (SSSR count). The van der Waals surface area contributed by atoms with Gasteiger partial charge >= 0.3 is 0 Å². The molecule has 1 amide bonds. The molecule has 152 valence electrons. The van der Waals surface area contributed by atoms with E-state index in [2.05, 4.69) is 15.1 Å². The van der Waals surface area contributed by atoms with Crippen LogP contribution in [0, 0.1) is 13.8 Å². The van der Waals surface area contributed by atoms with Crippen LogP contribution in [-0.2, 0) is 10.0 Å². The molecule has 1 heterocycles. The molecular weight excluding hydrogens is 388 g/mol. The maximum absolute atomic E-state index is 12.7. The topological polar surface area (TPSA) is 93.1 Å². The molecule has 29 heavy (non-hydrogen) atoms. The number of aromatic nitrogens is 2. The number of amides is 1. The molecule has 2 N–H and O–H groups in total. The number of hydrogen-bond donors (Lipinski definition) is 2. The smallest absolute Gasteiger partial charge is 0.255 e. The van der Waals surface area contributed by atoms with Crippen molar-refractivity contribution in [3.05, 3.63) is 71.5 Å². The van der Waals surface area contributed by atoms with Gasteiger partial charge in [-0.25, -0.2) is 17.8 Å². The quantitative estimate of drug-likeness (QED) is 0.649. The standard InChI is InChI=1S/C21H24N4O3S/c1-14(2)24-29(27,28)18-11-9-17(10-12-18)21(26)22-19-7-5-6-8-20(19)25-16(4)13-15(3)23-25/h5-14,24H,1-4H3,(H,22,26). The summed E-state index contributed by atoms with van der Waals surface area (Å²) < 4.78 is 28.8. The maximum atomic E-state index is 12.7. The van der Waals surface area contributed by atoms with Gasteiger partial charge < -0.3 is 5.32 Å². The van der Waals surface area contributed by atoms with E-state index >= 15 is 0 Å². The van der Waals surface area contributed by atoms with Crippen LogP contribution < -0.4 is 10.0 Å². The first-order chi connectivity index (χ1) is 13.7. The van der Waals surface area contributed by atoms with Gasteiger partial charge in [0, 0.05) is 17.3 Å². The van der Waals surface area contributed by atoms with Crippen molar-refractivity contribution in [2.45, 2.75) is 38.6 Å². The van der Waals surface area contributed by atoms with Gasteiger partial charge in [0.1, 0.15) is 0 Å². The lowest BCUT2D eigenvalue weighted by atomic mass is 10.2. The van der Waals surface area contributed by atoms with Gasteiger partial charge in [-0.05, 0) is 70.2 Å². The molecular formula is C21H24N4O3S. The Kier molecular flexibility index (Phi) is 5.86. The van der Waals surface area contributed by atoms with Gasteiger partial charge in [0.05, 0.1) is 22.0 Å². The highest BCUT2D eigenvalue weighted by Gasteiger charge is 2.17. The maximum Gasteiger partial charge on any atom is 0.255 e. The van der Waals surface area contributed by atoms with Gasteiger partial charge in [-0.3, -0.25) is 4.79 Å². The summed E-state index contributed by atoms with van der Waals surface area (Å²) >= 11 is 0. The first-order valence-electron chi connectivity index (χ1n) is 9.24. The number of hydrogen-bond acceptors (Lipinski definition) is 4. The van der Waals surface area contributed by atoms with Crippen molar-refractivity contribution in [1.29, 1.82) is 0 Å². The van der Waals surface area contributed by atoms with Crippen LogP contribution in [0.1, 0.15) is 35.6 Å². The van der Waals surface area contributed by atoms with Crippen LogP contribution in [-0.4, -0.2) is 30.1 Å². The Morgan fingerprint density at radius 2 is 1.69 bits per heavy atom. The molecule has 0 unspecified atom stereocenters. The van der Waals surface area contributed by atoms with Gasteiger partial charge in [-0.2, -0.15) is 5.10 Å². The Labute approximate surface area is 170 Å².